The number of nitrogens with zero attached hydrogens (tertiary/aromatic N) is 4. The van der Waals surface area contributed by atoms with E-state index in [0.29, 0.717) is 11.5 Å². The van der Waals surface area contributed by atoms with Gasteiger partial charge in [0.1, 0.15) is 0 Å². The molecule has 1 amide bonds. The molecule has 0 saturated carbocycles. The Balaban J connectivity index is 0.000000275. The second-order valence-corrected chi connectivity index (χ2v) is 9.14. The molecule has 0 aliphatic rings. The lowest BCUT2D eigenvalue weighted by atomic mass is 10.1. The third-order valence-electron chi connectivity index (χ3n) is 5.55. The van der Waals surface area contributed by atoms with Crippen LogP contribution >= 0.6 is 0 Å². The van der Waals surface area contributed by atoms with Crippen LogP contribution in [0.1, 0.15) is 35.3 Å². The minimum Gasteiger partial charge on any atom is -0.357 e. The van der Waals surface area contributed by atoms with E-state index < -0.39 is 17.6 Å². The average molecular weight is 561 g/mol. The van der Waals surface area contributed by atoms with E-state index in [2.05, 4.69) is 32.2 Å². The zero-order valence-corrected chi connectivity index (χ0v) is 23.2. The van der Waals surface area contributed by atoms with E-state index in [4.69, 9.17) is 0 Å². The molecular weight excluding hydrogens is 529 g/mol. The van der Waals surface area contributed by atoms with Crippen molar-refractivity contribution in [3.8, 4) is 11.3 Å². The van der Waals surface area contributed by atoms with Crippen molar-refractivity contribution in [2.75, 3.05) is 22.6 Å². The number of hydrogen-bond acceptors (Lipinski definition) is 6. The molecule has 0 bridgehead atoms. The van der Waals surface area contributed by atoms with E-state index >= 15 is 0 Å². The smallest absolute Gasteiger partial charge is 0.357 e. The summed E-state index contributed by atoms with van der Waals surface area (Å²) in [7, 11) is 1.79. The largest absolute Gasteiger partial charge is 0.416 e. The van der Waals surface area contributed by atoms with Gasteiger partial charge in [0.05, 0.1) is 11.3 Å². The number of aryl methyl sites for hydroxylation is 1. The van der Waals surface area contributed by atoms with Gasteiger partial charge in [0, 0.05) is 60.5 Å². The average Bonchev–Trinajstić information content (AvgIpc) is 2.96. The molecule has 4 rings (SSSR count). The van der Waals surface area contributed by atoms with Crippen LogP contribution in [0.25, 0.3) is 11.3 Å². The molecule has 0 aliphatic carbocycles. The first-order valence-electron chi connectivity index (χ1n) is 12.6. The number of pyridine rings is 1. The van der Waals surface area contributed by atoms with Crippen LogP contribution in [-0.2, 0) is 6.18 Å². The van der Waals surface area contributed by atoms with Gasteiger partial charge in [-0.25, -0.2) is 9.97 Å². The fourth-order valence-corrected chi connectivity index (χ4v) is 3.57. The van der Waals surface area contributed by atoms with Gasteiger partial charge in [0.15, 0.2) is 0 Å². The van der Waals surface area contributed by atoms with Crippen LogP contribution in [0.2, 0.25) is 0 Å². The number of nitrogens with one attached hydrogen (secondary N) is 2. The first kappa shape index (κ1) is 30.6. The van der Waals surface area contributed by atoms with Gasteiger partial charge < -0.3 is 15.5 Å². The Morgan fingerprint density at radius 1 is 1.02 bits per heavy atom. The lowest BCUT2D eigenvalue weighted by Crippen LogP contribution is -2.15. The van der Waals surface area contributed by atoms with Crippen LogP contribution in [0, 0.1) is 6.92 Å². The van der Waals surface area contributed by atoms with Gasteiger partial charge in [-0.05, 0) is 69.3 Å². The summed E-state index contributed by atoms with van der Waals surface area (Å²) >= 11 is 0. The van der Waals surface area contributed by atoms with Gasteiger partial charge in [0.25, 0.3) is 5.91 Å². The maximum absolute atomic E-state index is 13.3. The molecule has 0 radical (unpaired) electrons. The highest BCUT2D eigenvalue weighted by Gasteiger charge is 2.31. The van der Waals surface area contributed by atoms with Gasteiger partial charge in [-0.3, -0.25) is 9.78 Å². The van der Waals surface area contributed by atoms with Crippen LogP contribution in [0.5, 0.6) is 0 Å². The SMILES string of the molecule is C=CN(C=C(C)C)c1cc(NC(=O)c2ccc(C)cc2)cc(C(F)(F)F)c1.CNc1nccc(-c2cccnc2)n1. The Morgan fingerprint density at radius 3 is 2.34 bits per heavy atom. The minimum atomic E-state index is -4.54. The molecular formula is C31H31F3N6O. The van der Waals surface area contributed by atoms with Crippen molar-refractivity contribution in [2.24, 2.45) is 0 Å². The van der Waals surface area contributed by atoms with Gasteiger partial charge >= 0.3 is 6.18 Å². The molecule has 4 aromatic rings. The van der Waals surface area contributed by atoms with Crippen molar-refractivity contribution in [3.63, 3.8) is 0 Å². The molecule has 2 aromatic heterocycles. The fourth-order valence-electron chi connectivity index (χ4n) is 3.57. The topological polar surface area (TPSA) is 83.0 Å². The maximum atomic E-state index is 13.3. The first-order valence-corrected chi connectivity index (χ1v) is 12.6. The summed E-state index contributed by atoms with van der Waals surface area (Å²) in [5.74, 6) is 0.138. The highest BCUT2D eigenvalue weighted by Crippen LogP contribution is 2.35. The molecule has 2 aromatic carbocycles. The third kappa shape index (κ3) is 9.03. The van der Waals surface area contributed by atoms with Crippen LogP contribution in [0.15, 0.2) is 104 Å². The molecule has 41 heavy (non-hydrogen) atoms. The summed E-state index contributed by atoms with van der Waals surface area (Å²) in [6.45, 7) is 9.17. The summed E-state index contributed by atoms with van der Waals surface area (Å²) in [4.78, 5) is 26.2. The normalized spacial score (nSPS) is 10.5. The lowest BCUT2D eigenvalue weighted by Gasteiger charge is -2.20. The molecule has 2 heterocycles. The summed E-state index contributed by atoms with van der Waals surface area (Å²) in [6.07, 6.45) is 3.77. The molecule has 0 unspecified atom stereocenters. The molecule has 0 atom stereocenters. The monoisotopic (exact) mass is 560 g/mol. The number of allylic oxidation sites excluding steroid dienone is 1. The summed E-state index contributed by atoms with van der Waals surface area (Å²) in [6, 6.07) is 15.9. The number of amides is 1. The first-order chi connectivity index (χ1) is 19.5. The summed E-state index contributed by atoms with van der Waals surface area (Å²) in [5.41, 5.74) is 3.55. The highest BCUT2D eigenvalue weighted by atomic mass is 19.4. The molecule has 7 nitrogen and oxygen atoms in total. The van der Waals surface area contributed by atoms with E-state index in [1.54, 1.807) is 56.1 Å². The molecule has 0 spiro atoms. The van der Waals surface area contributed by atoms with Crippen molar-refractivity contribution >= 4 is 23.2 Å². The van der Waals surface area contributed by atoms with Gasteiger partial charge in [-0.1, -0.05) is 29.8 Å². The quantitative estimate of drug-likeness (QED) is 0.241. The predicted octanol–water partition coefficient (Wildman–Crippen LogP) is 7.72. The van der Waals surface area contributed by atoms with Crippen LogP contribution in [-0.4, -0.2) is 27.9 Å². The van der Waals surface area contributed by atoms with Crippen molar-refractivity contribution in [2.45, 2.75) is 26.9 Å². The van der Waals surface area contributed by atoms with Gasteiger partial charge in [-0.15, -0.1) is 0 Å². The number of hydrogen-bond donors (Lipinski definition) is 2. The van der Waals surface area contributed by atoms with E-state index in [1.165, 1.54) is 17.2 Å². The summed E-state index contributed by atoms with van der Waals surface area (Å²) in [5, 5.41) is 5.44. The number of aromatic nitrogens is 3. The van der Waals surface area contributed by atoms with Crippen molar-refractivity contribution in [3.05, 3.63) is 120 Å². The van der Waals surface area contributed by atoms with Crippen molar-refractivity contribution < 1.29 is 18.0 Å². The number of rotatable bonds is 7. The Labute approximate surface area is 237 Å². The number of benzene rings is 2. The predicted molar refractivity (Wildman–Crippen MR) is 157 cm³/mol. The number of carbonyl (C=O) groups excluding carboxylic acids is 1. The Hall–Kier alpha value is -4.99. The molecule has 212 valence electrons. The van der Waals surface area contributed by atoms with Crippen molar-refractivity contribution in [1.29, 1.82) is 0 Å². The van der Waals surface area contributed by atoms with E-state index in [-0.39, 0.29) is 11.4 Å². The number of carbonyl (C=O) groups is 1. The number of anilines is 3. The third-order valence-corrected chi connectivity index (χ3v) is 5.55. The van der Waals surface area contributed by atoms with Gasteiger partial charge in [-0.2, -0.15) is 13.2 Å². The van der Waals surface area contributed by atoms with E-state index in [0.717, 1.165) is 34.5 Å². The molecule has 0 saturated heterocycles. The Morgan fingerprint density at radius 2 is 1.76 bits per heavy atom. The fraction of sp³-hybridized carbons (Fsp3) is 0.161. The molecule has 0 fully saturated rings. The number of halogens is 3. The Bertz CT molecular complexity index is 1500. The zero-order valence-electron chi connectivity index (χ0n) is 23.2. The number of alkyl halides is 3. The maximum Gasteiger partial charge on any atom is 0.416 e. The van der Waals surface area contributed by atoms with E-state index in [1.807, 2.05) is 39.0 Å². The highest BCUT2D eigenvalue weighted by molar-refractivity contribution is 6.04. The second-order valence-electron chi connectivity index (χ2n) is 9.14. The molecule has 2 N–H and O–H groups in total. The minimum absolute atomic E-state index is 0.0550. The van der Waals surface area contributed by atoms with Crippen LogP contribution < -0.4 is 15.5 Å². The van der Waals surface area contributed by atoms with Gasteiger partial charge in [0.2, 0.25) is 5.95 Å². The second kappa shape index (κ2) is 13.9. The lowest BCUT2D eigenvalue weighted by molar-refractivity contribution is -0.137. The molecule has 0 aliphatic heterocycles. The Kier molecular flexibility index (Phi) is 10.3. The van der Waals surface area contributed by atoms with Crippen LogP contribution in [0.4, 0.5) is 30.5 Å². The van der Waals surface area contributed by atoms with E-state index in [9.17, 15) is 18.0 Å². The van der Waals surface area contributed by atoms with Crippen molar-refractivity contribution in [1.82, 2.24) is 15.0 Å². The zero-order chi connectivity index (χ0) is 30.0. The standard InChI is InChI=1S/C21H21F3N2O.C10H10N4/c1-5-26(13-14(2)3)19-11-17(21(22,23)24)10-18(12-19)25-20(27)16-8-6-15(4)7-9-16;1-11-10-13-6-4-9(14-10)8-3-2-5-12-7-8/h5-13H,1H2,2-4H3,(H,25,27);2-7H,1H3,(H,11,13,14). The summed E-state index contributed by atoms with van der Waals surface area (Å²) < 4.78 is 39.9. The van der Waals surface area contributed by atoms with Crippen LogP contribution in [0.3, 0.4) is 0 Å². The molecule has 10 heteroatoms.